The summed E-state index contributed by atoms with van der Waals surface area (Å²) in [6.45, 7) is 0. The van der Waals surface area contributed by atoms with Crippen LogP contribution < -0.4 is 0 Å². The standard InChI is InChI=1S/C8H5ClN2O/c9-8-11-7(5-12-8)6-3-1-2-4-10-6/h1-5H. The third-order valence-electron chi connectivity index (χ3n) is 1.40. The highest BCUT2D eigenvalue weighted by molar-refractivity contribution is 6.27. The third-order valence-corrected chi connectivity index (χ3v) is 1.58. The summed E-state index contributed by atoms with van der Waals surface area (Å²) in [6, 6.07) is 5.56. The summed E-state index contributed by atoms with van der Waals surface area (Å²) in [6.07, 6.45) is 3.17. The second-order valence-electron chi connectivity index (χ2n) is 2.20. The summed E-state index contributed by atoms with van der Waals surface area (Å²) >= 11 is 5.50. The molecule has 0 aliphatic heterocycles. The van der Waals surface area contributed by atoms with Crippen molar-refractivity contribution in [1.82, 2.24) is 9.97 Å². The van der Waals surface area contributed by atoms with Gasteiger partial charge in [-0.1, -0.05) is 6.07 Å². The SMILES string of the molecule is Clc1nc(-c2ccccn2)co1. The Kier molecular flexibility index (Phi) is 1.80. The average molecular weight is 181 g/mol. The zero-order valence-corrected chi connectivity index (χ0v) is 6.82. The zero-order valence-electron chi connectivity index (χ0n) is 6.07. The molecule has 0 spiro atoms. The number of halogens is 1. The van der Waals surface area contributed by atoms with Gasteiger partial charge >= 0.3 is 0 Å². The van der Waals surface area contributed by atoms with Crippen LogP contribution >= 0.6 is 11.6 Å². The second kappa shape index (κ2) is 2.95. The van der Waals surface area contributed by atoms with Gasteiger partial charge in [-0.2, -0.15) is 4.98 Å². The lowest BCUT2D eigenvalue weighted by Gasteiger charge is -1.90. The molecule has 0 aliphatic rings. The molecule has 0 unspecified atom stereocenters. The first-order valence-corrected chi connectivity index (χ1v) is 3.76. The van der Waals surface area contributed by atoms with Gasteiger partial charge in [0, 0.05) is 6.20 Å². The minimum atomic E-state index is 0.135. The Bertz CT molecular complexity index is 372. The maximum Gasteiger partial charge on any atom is 0.292 e. The normalized spacial score (nSPS) is 10.1. The van der Waals surface area contributed by atoms with Gasteiger partial charge in [0.1, 0.15) is 12.0 Å². The Morgan fingerprint density at radius 1 is 1.25 bits per heavy atom. The van der Waals surface area contributed by atoms with Gasteiger partial charge in [0.25, 0.3) is 5.35 Å². The molecule has 3 nitrogen and oxygen atoms in total. The number of aromatic nitrogens is 2. The molecular weight excluding hydrogens is 176 g/mol. The molecule has 2 heterocycles. The molecule has 0 fully saturated rings. The first-order valence-electron chi connectivity index (χ1n) is 3.39. The molecule has 0 aromatic carbocycles. The first-order chi connectivity index (χ1) is 5.86. The molecule has 4 heteroatoms. The van der Waals surface area contributed by atoms with Crippen molar-refractivity contribution in [3.8, 4) is 11.4 Å². The van der Waals surface area contributed by atoms with Crippen molar-refractivity contribution in [2.75, 3.05) is 0 Å². The van der Waals surface area contributed by atoms with Crippen LogP contribution in [0.5, 0.6) is 0 Å². The van der Waals surface area contributed by atoms with Crippen molar-refractivity contribution in [3.05, 3.63) is 36.0 Å². The summed E-state index contributed by atoms with van der Waals surface area (Å²) < 4.78 is 4.83. The molecule has 0 amide bonds. The van der Waals surface area contributed by atoms with E-state index in [-0.39, 0.29) is 5.35 Å². The minimum absolute atomic E-state index is 0.135. The Labute approximate surface area is 74.0 Å². The first kappa shape index (κ1) is 7.31. The van der Waals surface area contributed by atoms with Crippen LogP contribution in [-0.2, 0) is 0 Å². The second-order valence-corrected chi connectivity index (χ2v) is 2.52. The van der Waals surface area contributed by atoms with Gasteiger partial charge in [0.2, 0.25) is 0 Å². The smallest absolute Gasteiger partial charge is 0.292 e. The summed E-state index contributed by atoms with van der Waals surface area (Å²) in [7, 11) is 0. The Hall–Kier alpha value is -1.35. The van der Waals surface area contributed by atoms with Crippen molar-refractivity contribution < 1.29 is 4.42 Å². The molecule has 0 saturated carbocycles. The average Bonchev–Trinajstić information content (AvgIpc) is 2.54. The van der Waals surface area contributed by atoms with Crippen LogP contribution in [0.25, 0.3) is 11.4 Å². The summed E-state index contributed by atoms with van der Waals surface area (Å²) in [5.74, 6) is 0. The van der Waals surface area contributed by atoms with E-state index >= 15 is 0 Å². The van der Waals surface area contributed by atoms with Gasteiger partial charge in [0.15, 0.2) is 0 Å². The lowest BCUT2D eigenvalue weighted by atomic mass is 10.3. The number of rotatable bonds is 1. The molecule has 2 rings (SSSR count). The molecular formula is C8H5ClN2O. The zero-order chi connectivity index (χ0) is 8.39. The van der Waals surface area contributed by atoms with Gasteiger partial charge in [-0.3, -0.25) is 4.98 Å². The van der Waals surface area contributed by atoms with E-state index in [2.05, 4.69) is 9.97 Å². The third kappa shape index (κ3) is 1.31. The van der Waals surface area contributed by atoms with Crippen molar-refractivity contribution in [2.45, 2.75) is 0 Å². The highest BCUT2D eigenvalue weighted by Gasteiger charge is 2.03. The van der Waals surface area contributed by atoms with E-state index in [4.69, 9.17) is 16.0 Å². The Morgan fingerprint density at radius 3 is 2.75 bits per heavy atom. The van der Waals surface area contributed by atoms with Gasteiger partial charge in [-0.15, -0.1) is 0 Å². The van der Waals surface area contributed by atoms with Crippen LogP contribution in [0.2, 0.25) is 5.35 Å². The monoisotopic (exact) mass is 180 g/mol. The molecule has 12 heavy (non-hydrogen) atoms. The molecule has 0 bridgehead atoms. The molecule has 2 aromatic heterocycles. The quantitative estimate of drug-likeness (QED) is 0.677. The number of hydrogen-bond donors (Lipinski definition) is 0. The highest BCUT2D eigenvalue weighted by Crippen LogP contribution is 2.17. The molecule has 0 radical (unpaired) electrons. The molecule has 0 atom stereocenters. The maximum absolute atomic E-state index is 5.50. The summed E-state index contributed by atoms with van der Waals surface area (Å²) in [5.41, 5.74) is 1.41. The number of oxazole rings is 1. The van der Waals surface area contributed by atoms with Crippen molar-refractivity contribution >= 4 is 11.6 Å². The van der Waals surface area contributed by atoms with Crippen LogP contribution in [0.15, 0.2) is 35.1 Å². The van der Waals surface area contributed by atoms with Gasteiger partial charge in [-0.25, -0.2) is 0 Å². The maximum atomic E-state index is 5.50. The summed E-state index contributed by atoms with van der Waals surface area (Å²) in [5, 5.41) is 0.135. The predicted octanol–water partition coefficient (Wildman–Crippen LogP) is 2.39. The van der Waals surface area contributed by atoms with E-state index in [1.165, 1.54) is 6.26 Å². The lowest BCUT2D eigenvalue weighted by Crippen LogP contribution is -1.80. The Balaban J connectivity index is 2.45. The fraction of sp³-hybridized carbons (Fsp3) is 0. The largest absolute Gasteiger partial charge is 0.435 e. The minimum Gasteiger partial charge on any atom is -0.435 e. The van der Waals surface area contributed by atoms with Crippen molar-refractivity contribution in [3.63, 3.8) is 0 Å². The van der Waals surface area contributed by atoms with Gasteiger partial charge < -0.3 is 4.42 Å². The van der Waals surface area contributed by atoms with E-state index in [1.807, 2.05) is 18.2 Å². The van der Waals surface area contributed by atoms with E-state index in [1.54, 1.807) is 6.20 Å². The highest BCUT2D eigenvalue weighted by atomic mass is 35.5. The van der Waals surface area contributed by atoms with Gasteiger partial charge in [0.05, 0.1) is 5.69 Å². The van der Waals surface area contributed by atoms with E-state index < -0.39 is 0 Å². The van der Waals surface area contributed by atoms with Crippen LogP contribution in [0.1, 0.15) is 0 Å². The molecule has 0 N–H and O–H groups in total. The van der Waals surface area contributed by atoms with E-state index in [9.17, 15) is 0 Å². The molecule has 0 saturated heterocycles. The lowest BCUT2D eigenvalue weighted by molar-refractivity contribution is 0.560. The van der Waals surface area contributed by atoms with Crippen LogP contribution in [-0.4, -0.2) is 9.97 Å². The van der Waals surface area contributed by atoms with Crippen LogP contribution in [0.3, 0.4) is 0 Å². The molecule has 2 aromatic rings. The fourth-order valence-electron chi connectivity index (χ4n) is 0.884. The molecule has 60 valence electrons. The molecule has 0 aliphatic carbocycles. The number of nitrogens with zero attached hydrogens (tertiary/aromatic N) is 2. The van der Waals surface area contributed by atoms with E-state index in [0.717, 1.165) is 5.69 Å². The fourth-order valence-corrected chi connectivity index (χ4v) is 1.02. The predicted molar refractivity (Wildman–Crippen MR) is 44.7 cm³/mol. The van der Waals surface area contributed by atoms with Crippen LogP contribution in [0.4, 0.5) is 0 Å². The Morgan fingerprint density at radius 2 is 2.17 bits per heavy atom. The van der Waals surface area contributed by atoms with Crippen molar-refractivity contribution in [2.24, 2.45) is 0 Å². The van der Waals surface area contributed by atoms with Crippen molar-refractivity contribution in [1.29, 1.82) is 0 Å². The topological polar surface area (TPSA) is 38.9 Å². The summed E-state index contributed by atoms with van der Waals surface area (Å²) in [4.78, 5) is 8.00. The van der Waals surface area contributed by atoms with Gasteiger partial charge in [-0.05, 0) is 23.7 Å². The number of hydrogen-bond acceptors (Lipinski definition) is 3. The van der Waals surface area contributed by atoms with Crippen LogP contribution in [0, 0.1) is 0 Å². The number of pyridine rings is 1. The van der Waals surface area contributed by atoms with E-state index in [0.29, 0.717) is 5.69 Å².